The number of nitrogens with zero attached hydrogens (tertiary/aromatic N) is 2. The summed E-state index contributed by atoms with van der Waals surface area (Å²) in [5.74, 6) is 2.98. The highest BCUT2D eigenvalue weighted by molar-refractivity contribution is 7.15. The molecule has 0 aliphatic carbocycles. The van der Waals surface area contributed by atoms with E-state index >= 15 is 0 Å². The van der Waals surface area contributed by atoms with E-state index in [9.17, 15) is 0 Å². The molecular formula is C28H22N2O4S. The maximum absolute atomic E-state index is 6.25. The van der Waals surface area contributed by atoms with E-state index < -0.39 is 0 Å². The summed E-state index contributed by atoms with van der Waals surface area (Å²) in [5, 5.41) is 2.41. The van der Waals surface area contributed by atoms with Gasteiger partial charge >= 0.3 is 0 Å². The van der Waals surface area contributed by atoms with E-state index in [1.54, 1.807) is 18.4 Å². The number of fused-ring (bicyclic) bond motifs is 2. The fourth-order valence-electron chi connectivity index (χ4n) is 4.10. The van der Waals surface area contributed by atoms with E-state index in [0.29, 0.717) is 24.1 Å². The van der Waals surface area contributed by atoms with Crippen molar-refractivity contribution >= 4 is 27.4 Å². The molecule has 0 N–H and O–H groups in total. The number of aromatic nitrogens is 1. The Kier molecular flexibility index (Phi) is 5.47. The van der Waals surface area contributed by atoms with Crippen LogP contribution in [0.2, 0.25) is 0 Å². The Morgan fingerprint density at radius 1 is 0.886 bits per heavy atom. The molecule has 35 heavy (non-hydrogen) atoms. The molecule has 0 amide bonds. The van der Waals surface area contributed by atoms with Gasteiger partial charge in [0.25, 0.3) is 0 Å². The van der Waals surface area contributed by atoms with Gasteiger partial charge in [-0.15, -0.1) is 0 Å². The Bertz CT molecular complexity index is 1600. The number of thiazole rings is 1. The van der Waals surface area contributed by atoms with Crippen molar-refractivity contribution in [3.8, 4) is 39.8 Å². The van der Waals surface area contributed by atoms with Crippen LogP contribution in [0.25, 0.3) is 33.6 Å². The lowest BCUT2D eigenvalue weighted by atomic mass is 10.1. The maximum atomic E-state index is 6.25. The van der Waals surface area contributed by atoms with Gasteiger partial charge in [-0.2, -0.15) is 0 Å². The fraction of sp³-hybridized carbons (Fsp3) is 0.143. The molecule has 0 spiro atoms. The predicted molar refractivity (Wildman–Crippen MR) is 137 cm³/mol. The van der Waals surface area contributed by atoms with Crippen molar-refractivity contribution in [1.29, 1.82) is 0 Å². The van der Waals surface area contributed by atoms with Crippen molar-refractivity contribution in [2.24, 2.45) is 4.99 Å². The SMILES string of the molecule is COc1ccc(-c2nc(/N=c3\cc(-c4ccc5c(c4)OCCO5)oc4ccccc34)sc2C)cc1. The first kappa shape index (κ1) is 21.4. The second-order valence-corrected chi connectivity index (χ2v) is 9.27. The second-order valence-electron chi connectivity index (χ2n) is 8.09. The average Bonchev–Trinajstić information content (AvgIpc) is 3.28. The summed E-state index contributed by atoms with van der Waals surface area (Å²) in [6.45, 7) is 3.16. The minimum Gasteiger partial charge on any atom is -0.497 e. The van der Waals surface area contributed by atoms with Gasteiger partial charge in [0.2, 0.25) is 5.13 Å². The first-order valence-electron chi connectivity index (χ1n) is 11.3. The summed E-state index contributed by atoms with van der Waals surface area (Å²) in [6.07, 6.45) is 0. The topological polar surface area (TPSA) is 66.1 Å². The summed E-state index contributed by atoms with van der Waals surface area (Å²) in [7, 11) is 1.66. The van der Waals surface area contributed by atoms with E-state index in [1.165, 1.54) is 0 Å². The summed E-state index contributed by atoms with van der Waals surface area (Å²) in [5.41, 5.74) is 3.60. The van der Waals surface area contributed by atoms with E-state index in [-0.39, 0.29) is 0 Å². The molecule has 1 aliphatic heterocycles. The van der Waals surface area contributed by atoms with Crippen LogP contribution in [0.15, 0.2) is 82.2 Å². The normalized spacial score (nSPS) is 13.3. The second kappa shape index (κ2) is 8.92. The van der Waals surface area contributed by atoms with E-state index in [2.05, 4.69) is 6.92 Å². The molecule has 3 aromatic carbocycles. The van der Waals surface area contributed by atoms with Gasteiger partial charge in [0.15, 0.2) is 11.5 Å². The Labute approximate surface area is 206 Å². The summed E-state index contributed by atoms with van der Waals surface area (Å²) >= 11 is 1.57. The Hall–Kier alpha value is -4.10. The van der Waals surface area contributed by atoms with Crippen molar-refractivity contribution in [1.82, 2.24) is 4.98 Å². The van der Waals surface area contributed by atoms with Crippen molar-refractivity contribution in [3.05, 3.63) is 83.0 Å². The highest BCUT2D eigenvalue weighted by Crippen LogP contribution is 2.36. The molecule has 7 heteroatoms. The number of benzene rings is 3. The molecule has 0 fully saturated rings. The first-order chi connectivity index (χ1) is 17.2. The van der Waals surface area contributed by atoms with Gasteiger partial charge in [-0.1, -0.05) is 23.5 Å². The summed E-state index contributed by atoms with van der Waals surface area (Å²) in [4.78, 5) is 10.9. The quantitative estimate of drug-likeness (QED) is 0.291. The molecule has 1 aliphatic rings. The molecule has 174 valence electrons. The van der Waals surface area contributed by atoms with Crippen LogP contribution in [0.1, 0.15) is 4.88 Å². The van der Waals surface area contributed by atoms with Crippen LogP contribution in [-0.4, -0.2) is 25.3 Å². The lowest BCUT2D eigenvalue weighted by Crippen LogP contribution is -2.15. The number of rotatable bonds is 4. The monoisotopic (exact) mass is 482 g/mol. The minimum absolute atomic E-state index is 0.534. The van der Waals surface area contributed by atoms with Crippen LogP contribution in [0.3, 0.4) is 0 Å². The maximum Gasteiger partial charge on any atom is 0.210 e. The van der Waals surface area contributed by atoms with E-state index in [1.807, 2.05) is 72.8 Å². The van der Waals surface area contributed by atoms with Crippen LogP contribution in [0, 0.1) is 6.92 Å². The zero-order valence-electron chi connectivity index (χ0n) is 19.3. The Morgan fingerprint density at radius 3 is 2.49 bits per heavy atom. The van der Waals surface area contributed by atoms with Crippen LogP contribution in [0.4, 0.5) is 5.13 Å². The molecule has 6 rings (SSSR count). The molecule has 6 nitrogen and oxygen atoms in total. The van der Waals surface area contributed by atoms with Crippen LogP contribution in [0.5, 0.6) is 17.2 Å². The van der Waals surface area contributed by atoms with Gasteiger partial charge in [-0.25, -0.2) is 9.98 Å². The molecule has 5 aromatic rings. The molecule has 0 radical (unpaired) electrons. The lowest BCUT2D eigenvalue weighted by Gasteiger charge is -2.18. The van der Waals surface area contributed by atoms with Crippen molar-refractivity contribution in [2.75, 3.05) is 20.3 Å². The van der Waals surface area contributed by atoms with Crippen molar-refractivity contribution in [2.45, 2.75) is 6.92 Å². The third kappa shape index (κ3) is 4.15. The van der Waals surface area contributed by atoms with Crippen molar-refractivity contribution < 1.29 is 18.6 Å². The highest BCUT2D eigenvalue weighted by atomic mass is 32.1. The molecule has 3 heterocycles. The predicted octanol–water partition coefficient (Wildman–Crippen LogP) is 6.54. The smallest absolute Gasteiger partial charge is 0.210 e. The van der Waals surface area contributed by atoms with Gasteiger partial charge < -0.3 is 18.6 Å². The number of aryl methyl sites for hydroxylation is 1. The zero-order valence-corrected chi connectivity index (χ0v) is 20.1. The van der Waals surface area contributed by atoms with Gasteiger partial charge in [0.05, 0.1) is 18.2 Å². The number of ether oxygens (including phenoxy) is 3. The van der Waals surface area contributed by atoms with Crippen LogP contribution < -0.4 is 19.6 Å². The fourth-order valence-corrected chi connectivity index (χ4v) is 4.91. The molecule has 0 unspecified atom stereocenters. The number of hydrogen-bond acceptors (Lipinski definition) is 7. The van der Waals surface area contributed by atoms with Crippen LogP contribution >= 0.6 is 11.3 Å². The number of hydrogen-bond donors (Lipinski definition) is 0. The molecule has 0 bridgehead atoms. The van der Waals surface area contributed by atoms with E-state index in [0.717, 1.165) is 55.3 Å². The van der Waals surface area contributed by atoms with E-state index in [4.69, 9.17) is 28.6 Å². The van der Waals surface area contributed by atoms with Gasteiger partial charge in [0.1, 0.15) is 30.3 Å². The molecular weight excluding hydrogens is 460 g/mol. The minimum atomic E-state index is 0.534. The Morgan fingerprint density at radius 2 is 1.66 bits per heavy atom. The molecule has 0 atom stereocenters. The molecule has 2 aromatic heterocycles. The lowest BCUT2D eigenvalue weighted by molar-refractivity contribution is 0.171. The van der Waals surface area contributed by atoms with Crippen LogP contribution in [-0.2, 0) is 0 Å². The molecule has 0 saturated heterocycles. The standard InChI is InChI=1S/C28H22N2O4S/c1-17-27(18-7-10-20(31-2)11-8-18)30-28(35-17)29-22-16-25(34-23-6-4-3-5-21(22)23)19-9-12-24-26(15-19)33-14-13-32-24/h3-12,15-16H,13-14H2,1-2H3/b29-22+. The largest absolute Gasteiger partial charge is 0.497 e. The van der Waals surface area contributed by atoms with Gasteiger partial charge in [-0.05, 0) is 61.5 Å². The Balaban J connectivity index is 1.46. The van der Waals surface area contributed by atoms with Gasteiger partial charge in [-0.3, -0.25) is 0 Å². The summed E-state index contributed by atoms with van der Waals surface area (Å²) < 4.78 is 23.0. The molecule has 0 saturated carbocycles. The van der Waals surface area contributed by atoms with Crippen molar-refractivity contribution in [3.63, 3.8) is 0 Å². The highest BCUT2D eigenvalue weighted by Gasteiger charge is 2.15. The third-order valence-electron chi connectivity index (χ3n) is 5.84. The zero-order chi connectivity index (χ0) is 23.8. The average molecular weight is 483 g/mol. The summed E-state index contributed by atoms with van der Waals surface area (Å²) in [6, 6.07) is 23.6. The third-order valence-corrected chi connectivity index (χ3v) is 6.71. The first-order valence-corrected chi connectivity index (χ1v) is 12.1. The number of para-hydroxylation sites is 1. The number of methoxy groups -OCH3 is 1. The van der Waals surface area contributed by atoms with Gasteiger partial charge in [0, 0.05) is 27.5 Å².